The monoisotopic (exact) mass is 413 g/mol. The van der Waals surface area contributed by atoms with Crippen molar-refractivity contribution in [2.75, 3.05) is 32.4 Å². The van der Waals surface area contributed by atoms with Gasteiger partial charge < -0.3 is 10.2 Å². The number of rotatable bonds is 7. The lowest BCUT2D eigenvalue weighted by molar-refractivity contribution is -0.118. The Kier molecular flexibility index (Phi) is 10.2. The van der Waals surface area contributed by atoms with Gasteiger partial charge in [-0.3, -0.25) is 9.79 Å². The first-order valence-corrected chi connectivity index (χ1v) is 11.8. The van der Waals surface area contributed by atoms with E-state index < -0.39 is 0 Å². The molecule has 1 unspecified atom stereocenters. The van der Waals surface area contributed by atoms with Crippen molar-refractivity contribution in [2.24, 2.45) is 4.99 Å². The predicted octanol–water partition coefficient (Wildman–Crippen LogP) is 4.97. The van der Waals surface area contributed by atoms with Crippen LogP contribution in [0.3, 0.4) is 0 Å². The van der Waals surface area contributed by atoms with E-state index in [9.17, 15) is 4.79 Å². The molecule has 2 aromatic carbocycles. The Bertz CT molecular complexity index is 806. The van der Waals surface area contributed by atoms with Gasteiger partial charge in [-0.1, -0.05) is 62.0 Å². The fourth-order valence-corrected chi connectivity index (χ4v) is 4.48. The number of nitrogens with zero attached hydrogens (tertiary/aromatic N) is 2. The zero-order chi connectivity index (χ0) is 21.1. The average molecular weight is 414 g/mol. The van der Waals surface area contributed by atoms with E-state index in [2.05, 4.69) is 52.6 Å². The Morgan fingerprint density at radius 1 is 1.21 bits per heavy atom. The van der Waals surface area contributed by atoms with Crippen molar-refractivity contribution < 1.29 is 4.79 Å². The van der Waals surface area contributed by atoms with Crippen LogP contribution in [0.15, 0.2) is 47.5 Å². The van der Waals surface area contributed by atoms with Gasteiger partial charge in [-0.15, -0.1) is 0 Å². The van der Waals surface area contributed by atoms with Crippen LogP contribution < -0.4 is 5.32 Å². The third kappa shape index (κ3) is 7.16. The molecule has 0 aliphatic carbocycles. The molecule has 1 aliphatic heterocycles. The standard InChI is InChI=1S/C22H29N3OS.C2H6/c1-3-23-22(19-11-10-17-7-4-5-8-18(17)15-19)27-16-21(26)24-13-12-20-9-6-14-25(20)2;1-2/h4-5,7-8,10-11,15,20H,3,6,9,12-14,16H2,1-2H3,(H,24,26);1-2H3. The summed E-state index contributed by atoms with van der Waals surface area (Å²) in [6, 6.07) is 15.3. The van der Waals surface area contributed by atoms with Crippen molar-refractivity contribution >= 4 is 33.5 Å². The van der Waals surface area contributed by atoms with Gasteiger partial charge in [0.05, 0.1) is 10.8 Å². The smallest absolute Gasteiger partial charge is 0.230 e. The first-order valence-electron chi connectivity index (χ1n) is 10.8. The molecule has 1 heterocycles. The number of hydrogen-bond donors (Lipinski definition) is 1. The van der Waals surface area contributed by atoms with Crippen LogP contribution in [0.4, 0.5) is 0 Å². The topological polar surface area (TPSA) is 44.7 Å². The van der Waals surface area contributed by atoms with E-state index in [0.29, 0.717) is 18.3 Å². The maximum absolute atomic E-state index is 12.3. The van der Waals surface area contributed by atoms with Gasteiger partial charge in [0, 0.05) is 24.7 Å². The number of fused-ring (bicyclic) bond motifs is 1. The molecule has 0 bridgehead atoms. The second-order valence-corrected chi connectivity index (χ2v) is 8.01. The molecule has 4 nitrogen and oxygen atoms in total. The van der Waals surface area contributed by atoms with Gasteiger partial charge in [0.25, 0.3) is 0 Å². The Morgan fingerprint density at radius 3 is 2.66 bits per heavy atom. The minimum atomic E-state index is 0.0882. The molecule has 1 saturated heterocycles. The average Bonchev–Trinajstić information content (AvgIpc) is 3.17. The molecular weight excluding hydrogens is 378 g/mol. The number of thioether (sulfide) groups is 1. The summed E-state index contributed by atoms with van der Waals surface area (Å²) in [5.41, 5.74) is 1.08. The van der Waals surface area contributed by atoms with Gasteiger partial charge in [-0.05, 0) is 56.6 Å². The summed E-state index contributed by atoms with van der Waals surface area (Å²) >= 11 is 1.53. The number of aliphatic imine (C=N–C) groups is 1. The maximum atomic E-state index is 12.3. The van der Waals surface area contributed by atoms with E-state index in [0.717, 1.165) is 23.6 Å². The molecule has 2 aromatic rings. The highest BCUT2D eigenvalue weighted by molar-refractivity contribution is 8.14. The third-order valence-electron chi connectivity index (χ3n) is 5.11. The number of likely N-dealkylation sites (tertiary alicyclic amines) is 1. The highest BCUT2D eigenvalue weighted by Gasteiger charge is 2.20. The first kappa shape index (κ1) is 23.4. The maximum Gasteiger partial charge on any atom is 0.230 e. The lowest BCUT2D eigenvalue weighted by atomic mass is 10.1. The van der Waals surface area contributed by atoms with Crippen molar-refractivity contribution in [3.05, 3.63) is 48.0 Å². The Morgan fingerprint density at radius 2 is 1.97 bits per heavy atom. The van der Waals surface area contributed by atoms with Crippen LogP contribution in [0, 0.1) is 0 Å². The number of hydrogen-bond acceptors (Lipinski definition) is 4. The van der Waals surface area contributed by atoms with Crippen molar-refractivity contribution in [1.82, 2.24) is 10.2 Å². The molecular formula is C24H35N3OS. The van der Waals surface area contributed by atoms with Crippen molar-refractivity contribution in [2.45, 2.75) is 46.1 Å². The zero-order valence-corrected chi connectivity index (χ0v) is 19.1. The molecule has 0 radical (unpaired) electrons. The quantitative estimate of drug-likeness (QED) is 0.515. The fraction of sp³-hybridized carbons (Fsp3) is 0.500. The van der Waals surface area contributed by atoms with Crippen LogP contribution in [-0.2, 0) is 4.79 Å². The largest absolute Gasteiger partial charge is 0.355 e. The molecule has 1 N–H and O–H groups in total. The molecule has 1 amide bonds. The van der Waals surface area contributed by atoms with E-state index in [4.69, 9.17) is 0 Å². The van der Waals surface area contributed by atoms with E-state index in [-0.39, 0.29) is 5.91 Å². The van der Waals surface area contributed by atoms with Crippen LogP contribution in [0.5, 0.6) is 0 Å². The molecule has 0 aromatic heterocycles. The molecule has 3 rings (SSSR count). The van der Waals surface area contributed by atoms with Gasteiger partial charge in [0.2, 0.25) is 5.91 Å². The van der Waals surface area contributed by atoms with Crippen molar-refractivity contribution in [3.8, 4) is 0 Å². The molecule has 158 valence electrons. The van der Waals surface area contributed by atoms with Gasteiger partial charge in [0.15, 0.2) is 0 Å². The van der Waals surface area contributed by atoms with E-state index in [1.165, 1.54) is 41.9 Å². The van der Waals surface area contributed by atoms with Crippen LogP contribution in [0.2, 0.25) is 0 Å². The second kappa shape index (κ2) is 12.7. The van der Waals surface area contributed by atoms with E-state index >= 15 is 0 Å². The first-order chi connectivity index (χ1) is 14.2. The number of amides is 1. The molecule has 1 atom stereocenters. The van der Waals surface area contributed by atoms with Crippen LogP contribution in [-0.4, -0.2) is 54.3 Å². The molecule has 0 saturated carbocycles. The fourth-order valence-electron chi connectivity index (χ4n) is 3.59. The number of benzene rings is 2. The predicted molar refractivity (Wildman–Crippen MR) is 128 cm³/mol. The lowest BCUT2D eigenvalue weighted by Crippen LogP contribution is -2.32. The molecule has 0 spiro atoms. The number of carbonyl (C=O) groups is 1. The Hall–Kier alpha value is -1.85. The molecule has 1 aliphatic rings. The number of carbonyl (C=O) groups excluding carboxylic acids is 1. The molecule has 1 fully saturated rings. The highest BCUT2D eigenvalue weighted by Crippen LogP contribution is 2.21. The van der Waals surface area contributed by atoms with E-state index in [1.807, 2.05) is 32.9 Å². The van der Waals surface area contributed by atoms with E-state index in [1.54, 1.807) is 0 Å². The summed E-state index contributed by atoms with van der Waals surface area (Å²) in [6.07, 6.45) is 3.55. The second-order valence-electron chi connectivity index (χ2n) is 7.05. The third-order valence-corrected chi connectivity index (χ3v) is 6.15. The summed E-state index contributed by atoms with van der Waals surface area (Å²) in [5.74, 6) is 0.497. The summed E-state index contributed by atoms with van der Waals surface area (Å²) in [7, 11) is 2.17. The van der Waals surface area contributed by atoms with Crippen LogP contribution in [0.1, 0.15) is 45.6 Å². The lowest BCUT2D eigenvalue weighted by Gasteiger charge is -2.19. The molecule has 5 heteroatoms. The van der Waals surface area contributed by atoms with Gasteiger partial charge in [0.1, 0.15) is 0 Å². The summed E-state index contributed by atoms with van der Waals surface area (Å²) in [4.78, 5) is 19.3. The van der Waals surface area contributed by atoms with Gasteiger partial charge in [-0.2, -0.15) is 0 Å². The normalized spacial score (nSPS) is 17.1. The Labute approximate surface area is 180 Å². The Balaban J connectivity index is 0.00000145. The van der Waals surface area contributed by atoms with Crippen LogP contribution in [0.25, 0.3) is 10.8 Å². The summed E-state index contributed by atoms with van der Waals surface area (Å²) < 4.78 is 0. The minimum absolute atomic E-state index is 0.0882. The van der Waals surface area contributed by atoms with Gasteiger partial charge >= 0.3 is 0 Å². The summed E-state index contributed by atoms with van der Waals surface area (Å²) in [5, 5.41) is 6.42. The van der Waals surface area contributed by atoms with Crippen molar-refractivity contribution in [1.29, 1.82) is 0 Å². The minimum Gasteiger partial charge on any atom is -0.355 e. The van der Waals surface area contributed by atoms with Gasteiger partial charge in [-0.25, -0.2) is 0 Å². The zero-order valence-electron chi connectivity index (χ0n) is 18.3. The summed E-state index contributed by atoms with van der Waals surface area (Å²) in [6.45, 7) is 8.67. The van der Waals surface area contributed by atoms with Crippen molar-refractivity contribution in [3.63, 3.8) is 0 Å². The van der Waals surface area contributed by atoms with Crippen LogP contribution >= 0.6 is 11.8 Å². The SMILES string of the molecule is CC.CCN=C(SCC(=O)NCCC1CCCN1C)c1ccc2ccccc2c1. The highest BCUT2D eigenvalue weighted by atomic mass is 32.2. The number of nitrogens with one attached hydrogen (secondary N) is 1. The molecule has 29 heavy (non-hydrogen) atoms.